The van der Waals surface area contributed by atoms with Crippen LogP contribution in [0.25, 0.3) is 0 Å². The first kappa shape index (κ1) is 13.7. The molecule has 16 heavy (non-hydrogen) atoms. The summed E-state index contributed by atoms with van der Waals surface area (Å²) in [5.74, 6) is 1.68. The molecule has 0 spiro atoms. The van der Waals surface area contributed by atoms with Crippen molar-refractivity contribution in [1.29, 1.82) is 0 Å². The number of carbonyl (C=O) groups is 2. The zero-order valence-electron chi connectivity index (χ0n) is 9.62. The molecule has 0 aliphatic carbocycles. The average molecular weight is 262 g/mol. The van der Waals surface area contributed by atoms with Crippen LogP contribution < -0.4 is 10.6 Å². The molecule has 0 aromatic heterocycles. The third kappa shape index (κ3) is 3.90. The molecule has 0 bridgehead atoms. The highest BCUT2D eigenvalue weighted by Crippen LogP contribution is 2.09. The molecule has 1 saturated heterocycles. The van der Waals surface area contributed by atoms with E-state index in [1.165, 1.54) is 0 Å². The standard InChI is InChI=1S/C10H18N2O2S2/c1-15-5-3-7-9(13)12-8(4-6-16-2)10(14)11-7/h7-8H,3-6H2,1-2H3,(H,11,14)(H,12,13)/t7-,8+. The maximum Gasteiger partial charge on any atom is 0.243 e. The van der Waals surface area contributed by atoms with Gasteiger partial charge in [0.1, 0.15) is 12.1 Å². The van der Waals surface area contributed by atoms with Gasteiger partial charge in [-0.05, 0) is 36.9 Å². The SMILES string of the molecule is CSCC[C@@H]1NC(=O)[C@@H](CCSC)NC1=O. The largest absolute Gasteiger partial charge is 0.342 e. The second-order valence-corrected chi connectivity index (χ2v) is 5.66. The number of carbonyl (C=O) groups excluding carboxylic acids is 2. The van der Waals surface area contributed by atoms with E-state index in [-0.39, 0.29) is 23.9 Å². The molecule has 0 aromatic rings. The maximum atomic E-state index is 11.7. The quantitative estimate of drug-likeness (QED) is 0.731. The van der Waals surface area contributed by atoms with Crippen LogP contribution >= 0.6 is 23.5 Å². The first-order valence-corrected chi connectivity index (χ1v) is 8.06. The van der Waals surface area contributed by atoms with Crippen molar-refractivity contribution in [2.75, 3.05) is 24.0 Å². The summed E-state index contributed by atoms with van der Waals surface area (Å²) in [7, 11) is 0. The monoisotopic (exact) mass is 262 g/mol. The Morgan fingerprint density at radius 1 is 0.938 bits per heavy atom. The van der Waals surface area contributed by atoms with Gasteiger partial charge < -0.3 is 10.6 Å². The molecule has 0 aromatic carbocycles. The minimum absolute atomic E-state index is 0.0419. The Morgan fingerprint density at radius 2 is 1.31 bits per heavy atom. The summed E-state index contributed by atoms with van der Waals surface area (Å²) in [6, 6.07) is -0.684. The third-order valence-corrected chi connectivity index (χ3v) is 3.78. The van der Waals surface area contributed by atoms with Gasteiger partial charge in [0.2, 0.25) is 11.8 Å². The van der Waals surface area contributed by atoms with Crippen LogP contribution in [0.2, 0.25) is 0 Å². The second-order valence-electron chi connectivity index (χ2n) is 3.69. The van der Waals surface area contributed by atoms with Crippen molar-refractivity contribution in [3.8, 4) is 0 Å². The van der Waals surface area contributed by atoms with Gasteiger partial charge in [-0.3, -0.25) is 9.59 Å². The highest BCUT2D eigenvalue weighted by molar-refractivity contribution is 7.98. The summed E-state index contributed by atoms with van der Waals surface area (Å²) < 4.78 is 0. The van der Waals surface area contributed by atoms with E-state index in [1.807, 2.05) is 12.5 Å². The lowest BCUT2D eigenvalue weighted by molar-refractivity contribution is -0.136. The van der Waals surface area contributed by atoms with Gasteiger partial charge in [-0.15, -0.1) is 0 Å². The van der Waals surface area contributed by atoms with Crippen molar-refractivity contribution in [2.24, 2.45) is 0 Å². The van der Waals surface area contributed by atoms with Crippen molar-refractivity contribution >= 4 is 35.3 Å². The van der Waals surface area contributed by atoms with E-state index in [9.17, 15) is 9.59 Å². The summed E-state index contributed by atoms with van der Waals surface area (Å²) in [5, 5.41) is 5.57. The molecule has 1 fully saturated rings. The molecule has 6 heteroatoms. The lowest BCUT2D eigenvalue weighted by Crippen LogP contribution is -2.61. The van der Waals surface area contributed by atoms with Crippen LogP contribution in [0.1, 0.15) is 12.8 Å². The summed E-state index contributed by atoms with van der Waals surface area (Å²) in [6.45, 7) is 0. The Bertz CT molecular complexity index is 235. The van der Waals surface area contributed by atoms with E-state index in [1.54, 1.807) is 23.5 Å². The minimum Gasteiger partial charge on any atom is -0.342 e. The second kappa shape index (κ2) is 7.06. The number of hydrogen-bond donors (Lipinski definition) is 2. The van der Waals surface area contributed by atoms with Gasteiger partial charge in [0.05, 0.1) is 0 Å². The number of amides is 2. The van der Waals surface area contributed by atoms with Crippen molar-refractivity contribution in [1.82, 2.24) is 10.6 Å². The van der Waals surface area contributed by atoms with Crippen LogP contribution in [-0.2, 0) is 9.59 Å². The fraction of sp³-hybridized carbons (Fsp3) is 0.800. The highest BCUT2D eigenvalue weighted by Gasteiger charge is 2.32. The molecule has 1 rings (SSSR count). The Balaban J connectivity index is 2.43. The molecule has 92 valence electrons. The van der Waals surface area contributed by atoms with E-state index in [4.69, 9.17) is 0 Å². The van der Waals surface area contributed by atoms with Gasteiger partial charge in [0, 0.05) is 0 Å². The first-order chi connectivity index (χ1) is 7.69. The van der Waals surface area contributed by atoms with Gasteiger partial charge in [0.25, 0.3) is 0 Å². The van der Waals surface area contributed by atoms with E-state index in [0.29, 0.717) is 12.8 Å². The van der Waals surface area contributed by atoms with Gasteiger partial charge in [-0.2, -0.15) is 23.5 Å². The zero-order chi connectivity index (χ0) is 12.0. The topological polar surface area (TPSA) is 58.2 Å². The predicted octanol–water partition coefficient (Wildman–Crippen LogP) is 0.476. The lowest BCUT2D eigenvalue weighted by atomic mass is 10.1. The molecule has 0 saturated carbocycles. The van der Waals surface area contributed by atoms with Crippen LogP contribution in [0, 0.1) is 0 Å². The molecular formula is C10H18N2O2S2. The molecule has 0 unspecified atom stereocenters. The average Bonchev–Trinajstić information content (AvgIpc) is 2.28. The fourth-order valence-corrected chi connectivity index (χ4v) is 2.50. The van der Waals surface area contributed by atoms with Gasteiger partial charge in [0.15, 0.2) is 0 Å². The third-order valence-electron chi connectivity index (χ3n) is 2.49. The van der Waals surface area contributed by atoms with E-state index >= 15 is 0 Å². The van der Waals surface area contributed by atoms with Crippen molar-refractivity contribution in [2.45, 2.75) is 24.9 Å². The number of nitrogens with one attached hydrogen (secondary N) is 2. The van der Waals surface area contributed by atoms with E-state index in [2.05, 4.69) is 10.6 Å². The van der Waals surface area contributed by atoms with Gasteiger partial charge >= 0.3 is 0 Å². The molecule has 1 heterocycles. The van der Waals surface area contributed by atoms with Crippen LogP contribution in [-0.4, -0.2) is 47.9 Å². The summed E-state index contributed by atoms with van der Waals surface area (Å²) in [6.07, 6.45) is 5.38. The first-order valence-electron chi connectivity index (χ1n) is 5.27. The Labute approximate surface area is 105 Å². The lowest BCUT2D eigenvalue weighted by Gasteiger charge is -2.29. The van der Waals surface area contributed by atoms with Crippen LogP contribution in [0.4, 0.5) is 0 Å². The Hall–Kier alpha value is -0.360. The fourth-order valence-electron chi connectivity index (χ4n) is 1.55. The summed E-state index contributed by atoms with van der Waals surface area (Å²) >= 11 is 3.36. The molecule has 1 aliphatic rings. The Morgan fingerprint density at radius 3 is 1.62 bits per heavy atom. The number of hydrogen-bond acceptors (Lipinski definition) is 4. The predicted molar refractivity (Wildman–Crippen MR) is 69.9 cm³/mol. The normalized spacial score (nSPS) is 25.1. The number of piperazine rings is 1. The minimum atomic E-state index is -0.342. The summed E-state index contributed by atoms with van der Waals surface area (Å²) in [4.78, 5) is 23.4. The Kier molecular flexibility index (Phi) is 6.05. The van der Waals surface area contributed by atoms with Gasteiger partial charge in [-0.25, -0.2) is 0 Å². The van der Waals surface area contributed by atoms with Crippen molar-refractivity contribution in [3.63, 3.8) is 0 Å². The van der Waals surface area contributed by atoms with Crippen molar-refractivity contribution < 1.29 is 9.59 Å². The van der Waals surface area contributed by atoms with Crippen LogP contribution in [0.15, 0.2) is 0 Å². The zero-order valence-corrected chi connectivity index (χ0v) is 11.2. The van der Waals surface area contributed by atoms with Crippen LogP contribution in [0.3, 0.4) is 0 Å². The van der Waals surface area contributed by atoms with Crippen molar-refractivity contribution in [3.05, 3.63) is 0 Å². The van der Waals surface area contributed by atoms with E-state index < -0.39 is 0 Å². The molecule has 2 atom stereocenters. The molecular weight excluding hydrogens is 244 g/mol. The molecule has 4 nitrogen and oxygen atoms in total. The molecule has 2 amide bonds. The summed E-state index contributed by atoms with van der Waals surface area (Å²) in [5.41, 5.74) is 0. The van der Waals surface area contributed by atoms with E-state index in [0.717, 1.165) is 11.5 Å². The highest BCUT2D eigenvalue weighted by atomic mass is 32.2. The molecule has 0 radical (unpaired) electrons. The molecule has 2 N–H and O–H groups in total. The maximum absolute atomic E-state index is 11.7. The molecule has 1 aliphatic heterocycles. The number of rotatable bonds is 6. The van der Waals surface area contributed by atoms with Gasteiger partial charge in [-0.1, -0.05) is 0 Å². The van der Waals surface area contributed by atoms with Crippen LogP contribution in [0.5, 0.6) is 0 Å². The number of thioether (sulfide) groups is 2. The smallest absolute Gasteiger partial charge is 0.243 e.